The van der Waals surface area contributed by atoms with Gasteiger partial charge in [0.15, 0.2) is 5.11 Å². The van der Waals surface area contributed by atoms with E-state index in [1.165, 1.54) is 0 Å². The van der Waals surface area contributed by atoms with Crippen LogP contribution in [0.25, 0.3) is 10.8 Å². The van der Waals surface area contributed by atoms with E-state index in [1.807, 2.05) is 42.5 Å². The summed E-state index contributed by atoms with van der Waals surface area (Å²) in [6.07, 6.45) is 0.414. The molecule has 2 aromatic carbocycles. The smallest absolute Gasteiger partial charge is 0.225 e. The molecule has 18 heavy (non-hydrogen) atoms. The van der Waals surface area contributed by atoms with Crippen molar-refractivity contribution in [2.24, 2.45) is 0 Å². The number of thiocarbonyl (C=S) groups is 1. The van der Waals surface area contributed by atoms with Crippen molar-refractivity contribution in [3.63, 3.8) is 0 Å². The molecule has 1 amide bonds. The van der Waals surface area contributed by atoms with E-state index in [2.05, 4.69) is 10.6 Å². The first kappa shape index (κ1) is 12.5. The number of hydrogen-bond acceptors (Lipinski definition) is 2. The quantitative estimate of drug-likeness (QED) is 0.813. The highest BCUT2D eigenvalue weighted by Gasteiger charge is 2.04. The molecule has 0 aliphatic rings. The van der Waals surface area contributed by atoms with E-state index in [1.54, 1.807) is 6.92 Å². The number of hydrogen-bond donors (Lipinski definition) is 2. The van der Waals surface area contributed by atoms with E-state index >= 15 is 0 Å². The third kappa shape index (κ3) is 2.84. The Balaban J connectivity index is 2.21. The minimum atomic E-state index is -0.0901. The third-order valence-electron chi connectivity index (χ3n) is 2.61. The van der Waals surface area contributed by atoms with Gasteiger partial charge in [-0.3, -0.25) is 4.79 Å². The SMILES string of the molecule is CCC(=O)NC(=S)Nc1cccc2ccccc12. The summed E-state index contributed by atoms with van der Waals surface area (Å²) < 4.78 is 0. The standard InChI is InChI=1S/C14H14N2OS/c1-2-13(17)16-14(18)15-12-9-5-7-10-6-3-4-8-11(10)12/h3-9H,2H2,1H3,(H2,15,16,17,18). The van der Waals surface area contributed by atoms with Crippen molar-refractivity contribution in [1.82, 2.24) is 5.32 Å². The second kappa shape index (κ2) is 5.60. The highest BCUT2D eigenvalue weighted by molar-refractivity contribution is 7.80. The summed E-state index contributed by atoms with van der Waals surface area (Å²) in [4.78, 5) is 11.2. The molecule has 0 bridgehead atoms. The monoisotopic (exact) mass is 258 g/mol. The van der Waals surface area contributed by atoms with Crippen molar-refractivity contribution >= 4 is 39.7 Å². The number of carbonyl (C=O) groups excluding carboxylic acids is 1. The van der Waals surface area contributed by atoms with Crippen LogP contribution in [-0.2, 0) is 4.79 Å². The van der Waals surface area contributed by atoms with Crippen molar-refractivity contribution in [2.45, 2.75) is 13.3 Å². The van der Waals surface area contributed by atoms with Gasteiger partial charge in [-0.05, 0) is 23.7 Å². The van der Waals surface area contributed by atoms with E-state index in [0.717, 1.165) is 16.5 Å². The first-order chi connectivity index (χ1) is 8.70. The van der Waals surface area contributed by atoms with Crippen LogP contribution in [0.4, 0.5) is 5.69 Å². The molecule has 92 valence electrons. The first-order valence-corrected chi connectivity index (χ1v) is 6.20. The average Bonchev–Trinajstić information content (AvgIpc) is 2.39. The van der Waals surface area contributed by atoms with Gasteiger partial charge in [-0.25, -0.2) is 0 Å². The fraction of sp³-hybridized carbons (Fsp3) is 0.143. The summed E-state index contributed by atoms with van der Waals surface area (Å²) in [5.41, 5.74) is 0.898. The van der Waals surface area contributed by atoms with Gasteiger partial charge in [-0.15, -0.1) is 0 Å². The summed E-state index contributed by atoms with van der Waals surface area (Å²) in [7, 11) is 0. The second-order valence-electron chi connectivity index (χ2n) is 3.88. The van der Waals surface area contributed by atoms with Crippen molar-refractivity contribution in [3.8, 4) is 0 Å². The van der Waals surface area contributed by atoms with Crippen molar-refractivity contribution < 1.29 is 4.79 Å². The maximum Gasteiger partial charge on any atom is 0.225 e. The Morgan fingerprint density at radius 1 is 1.17 bits per heavy atom. The lowest BCUT2D eigenvalue weighted by Gasteiger charge is -2.11. The number of anilines is 1. The second-order valence-corrected chi connectivity index (χ2v) is 4.29. The van der Waals surface area contributed by atoms with Crippen LogP contribution in [0.3, 0.4) is 0 Å². The van der Waals surface area contributed by atoms with Crippen LogP contribution in [0.1, 0.15) is 13.3 Å². The zero-order valence-electron chi connectivity index (χ0n) is 10.1. The molecule has 2 rings (SSSR count). The molecule has 0 unspecified atom stereocenters. The molecule has 0 spiro atoms. The fourth-order valence-electron chi connectivity index (χ4n) is 1.70. The summed E-state index contributed by atoms with van der Waals surface area (Å²) in [5, 5.41) is 8.21. The molecule has 0 aliphatic carbocycles. The zero-order chi connectivity index (χ0) is 13.0. The molecule has 0 heterocycles. The molecule has 2 aromatic rings. The minimum Gasteiger partial charge on any atom is -0.332 e. The number of nitrogens with one attached hydrogen (secondary N) is 2. The predicted octanol–water partition coefficient (Wildman–Crippen LogP) is 3.06. The van der Waals surface area contributed by atoms with E-state index in [-0.39, 0.29) is 5.91 Å². The molecular formula is C14H14N2OS. The van der Waals surface area contributed by atoms with Gasteiger partial charge in [0.2, 0.25) is 5.91 Å². The molecule has 0 aliphatic heterocycles. The average molecular weight is 258 g/mol. The van der Waals surface area contributed by atoms with Crippen LogP contribution in [0.15, 0.2) is 42.5 Å². The Morgan fingerprint density at radius 2 is 1.89 bits per heavy atom. The van der Waals surface area contributed by atoms with Crippen molar-refractivity contribution in [3.05, 3.63) is 42.5 Å². The molecule has 0 saturated carbocycles. The Hall–Kier alpha value is -1.94. The van der Waals surface area contributed by atoms with Gasteiger partial charge in [0.1, 0.15) is 0 Å². The van der Waals surface area contributed by atoms with Crippen LogP contribution in [0.5, 0.6) is 0 Å². The van der Waals surface area contributed by atoms with Gasteiger partial charge in [0, 0.05) is 17.5 Å². The molecule has 0 radical (unpaired) electrons. The molecule has 0 fully saturated rings. The Bertz CT molecular complexity index is 590. The summed E-state index contributed by atoms with van der Waals surface area (Å²) in [5.74, 6) is -0.0901. The summed E-state index contributed by atoms with van der Waals surface area (Å²) in [6.45, 7) is 1.79. The van der Waals surface area contributed by atoms with E-state index in [9.17, 15) is 4.79 Å². The van der Waals surface area contributed by atoms with Crippen LogP contribution >= 0.6 is 12.2 Å². The van der Waals surface area contributed by atoms with Gasteiger partial charge >= 0.3 is 0 Å². The molecule has 0 saturated heterocycles. The fourth-order valence-corrected chi connectivity index (χ4v) is 1.93. The third-order valence-corrected chi connectivity index (χ3v) is 2.82. The van der Waals surface area contributed by atoms with E-state index in [4.69, 9.17) is 12.2 Å². The van der Waals surface area contributed by atoms with E-state index < -0.39 is 0 Å². The van der Waals surface area contributed by atoms with Gasteiger partial charge in [0.25, 0.3) is 0 Å². The van der Waals surface area contributed by atoms with E-state index in [0.29, 0.717) is 11.5 Å². The molecule has 0 aromatic heterocycles. The Kier molecular flexibility index (Phi) is 3.89. The van der Waals surface area contributed by atoms with Crippen LogP contribution < -0.4 is 10.6 Å². The molecule has 3 nitrogen and oxygen atoms in total. The summed E-state index contributed by atoms with van der Waals surface area (Å²) in [6, 6.07) is 13.9. The Labute approximate surface area is 111 Å². The molecule has 2 N–H and O–H groups in total. The number of amides is 1. The number of rotatable bonds is 2. The van der Waals surface area contributed by atoms with Crippen LogP contribution in [0.2, 0.25) is 0 Å². The lowest BCUT2D eigenvalue weighted by Crippen LogP contribution is -2.33. The van der Waals surface area contributed by atoms with Gasteiger partial charge in [-0.2, -0.15) is 0 Å². The van der Waals surface area contributed by atoms with Gasteiger partial charge < -0.3 is 10.6 Å². The van der Waals surface area contributed by atoms with Gasteiger partial charge in [0.05, 0.1) is 0 Å². The number of benzene rings is 2. The lowest BCUT2D eigenvalue weighted by atomic mass is 10.1. The maximum atomic E-state index is 11.2. The lowest BCUT2D eigenvalue weighted by molar-refractivity contribution is -0.119. The van der Waals surface area contributed by atoms with Crippen molar-refractivity contribution in [2.75, 3.05) is 5.32 Å². The number of carbonyl (C=O) groups is 1. The maximum absolute atomic E-state index is 11.2. The largest absolute Gasteiger partial charge is 0.332 e. The van der Waals surface area contributed by atoms with Crippen LogP contribution in [-0.4, -0.2) is 11.0 Å². The normalized spacial score (nSPS) is 10.1. The Morgan fingerprint density at radius 3 is 2.67 bits per heavy atom. The zero-order valence-corrected chi connectivity index (χ0v) is 10.9. The molecule has 0 atom stereocenters. The van der Waals surface area contributed by atoms with Gasteiger partial charge in [-0.1, -0.05) is 43.3 Å². The van der Waals surface area contributed by atoms with Crippen molar-refractivity contribution in [1.29, 1.82) is 0 Å². The topological polar surface area (TPSA) is 41.1 Å². The molecular weight excluding hydrogens is 244 g/mol. The molecule has 4 heteroatoms. The first-order valence-electron chi connectivity index (χ1n) is 5.79. The number of fused-ring (bicyclic) bond motifs is 1. The predicted molar refractivity (Wildman–Crippen MR) is 78.6 cm³/mol. The highest BCUT2D eigenvalue weighted by atomic mass is 32.1. The highest BCUT2D eigenvalue weighted by Crippen LogP contribution is 2.22. The summed E-state index contributed by atoms with van der Waals surface area (Å²) >= 11 is 5.10. The minimum absolute atomic E-state index is 0.0901. The van der Waals surface area contributed by atoms with Crippen LogP contribution in [0, 0.1) is 0 Å².